The first kappa shape index (κ1) is 20.4. The van der Waals surface area contributed by atoms with Gasteiger partial charge in [0.05, 0.1) is 6.61 Å². The van der Waals surface area contributed by atoms with Gasteiger partial charge in [-0.2, -0.15) is 0 Å². The van der Waals surface area contributed by atoms with Gasteiger partial charge in [0.15, 0.2) is 17.3 Å². The summed E-state index contributed by atoms with van der Waals surface area (Å²) in [5, 5.41) is 101. The lowest BCUT2D eigenvalue weighted by atomic mass is 10.0. The van der Waals surface area contributed by atoms with Gasteiger partial charge in [-0.3, -0.25) is 0 Å². The van der Waals surface area contributed by atoms with Crippen molar-refractivity contribution < 1.29 is 56.2 Å². The molecule has 0 aliphatic heterocycles. The third-order valence-corrected chi connectivity index (χ3v) is 2.81. The molecular weight excluding hydrogens is 308 g/mol. The maximum Gasteiger partial charge on any atom is 0.164 e. The van der Waals surface area contributed by atoms with Gasteiger partial charge >= 0.3 is 0 Å². The summed E-state index contributed by atoms with van der Waals surface area (Å²) in [6.07, 6.45) is -13.3. The maximum atomic E-state index is 9.50. The van der Waals surface area contributed by atoms with Gasteiger partial charge in [0.2, 0.25) is 0 Å². The quantitative estimate of drug-likeness (QED) is 0.195. The van der Waals surface area contributed by atoms with E-state index in [0.29, 0.717) is 0 Å². The molecule has 130 valence electrons. The van der Waals surface area contributed by atoms with E-state index < -0.39 is 60.5 Å². The average Bonchev–Trinajstić information content (AvgIpc) is 2.55. The topological polar surface area (TPSA) is 223 Å². The molecule has 0 aromatic rings. The second-order valence-corrected chi connectivity index (χ2v) is 4.39. The largest absolute Gasteiger partial charge is 0.512 e. The Kier molecular flexibility index (Phi) is 8.11. The van der Waals surface area contributed by atoms with Crippen LogP contribution in [0.15, 0.2) is 23.5 Å². The summed E-state index contributed by atoms with van der Waals surface area (Å²) in [5.41, 5.74) is 0. The molecule has 0 aromatic carbocycles. The molecule has 0 spiro atoms. The van der Waals surface area contributed by atoms with Gasteiger partial charge in [0.25, 0.3) is 0 Å². The van der Waals surface area contributed by atoms with Crippen LogP contribution in [0, 0.1) is 0 Å². The fourth-order valence-electron chi connectivity index (χ4n) is 1.37. The van der Waals surface area contributed by atoms with Crippen molar-refractivity contribution in [2.24, 2.45) is 0 Å². The van der Waals surface area contributed by atoms with Crippen LogP contribution in [-0.4, -0.2) is 99.4 Å². The summed E-state index contributed by atoms with van der Waals surface area (Å²) < 4.78 is 0. The van der Waals surface area contributed by atoms with Crippen molar-refractivity contribution in [3.8, 4) is 0 Å². The highest BCUT2D eigenvalue weighted by Crippen LogP contribution is 2.18. The van der Waals surface area contributed by atoms with E-state index in [1.807, 2.05) is 0 Å². The SMILES string of the molecule is O/C=C(\O)[C@@H](O)[C@H](O)[C@@H](O)/C(O)=C(\O)[C@H](O)[C@@H](O)[C@H](O)CO. The summed E-state index contributed by atoms with van der Waals surface area (Å²) in [6, 6.07) is 0. The Bertz CT molecular complexity index is 407. The lowest BCUT2D eigenvalue weighted by Crippen LogP contribution is -2.43. The Morgan fingerprint density at radius 2 is 1.14 bits per heavy atom. The molecule has 0 amide bonds. The van der Waals surface area contributed by atoms with Crippen LogP contribution in [0.3, 0.4) is 0 Å². The molecule has 0 bridgehead atoms. The van der Waals surface area contributed by atoms with Crippen molar-refractivity contribution in [3.63, 3.8) is 0 Å². The van der Waals surface area contributed by atoms with Gasteiger partial charge in [-0.1, -0.05) is 0 Å². The molecule has 22 heavy (non-hydrogen) atoms. The third-order valence-electron chi connectivity index (χ3n) is 2.81. The molecule has 0 saturated heterocycles. The Labute approximate surface area is 124 Å². The third kappa shape index (κ3) is 4.71. The standard InChI is InChI=1S/C11H20O11/c12-1-3(14)5(16)7(18)9(20)11(22)10(21)8(19)6(17)4(15)2-13/h1,4-9,12-22H,2H2/b3-1-,11-10+/t4-,5-,6+,7+,8-,9-/m1/s1. The van der Waals surface area contributed by atoms with Crippen LogP contribution in [0.1, 0.15) is 0 Å². The number of rotatable bonds is 8. The van der Waals surface area contributed by atoms with Gasteiger partial charge in [-0.05, 0) is 0 Å². The van der Waals surface area contributed by atoms with Gasteiger partial charge in [-0.25, -0.2) is 0 Å². The lowest BCUT2D eigenvalue weighted by molar-refractivity contribution is -0.0829. The van der Waals surface area contributed by atoms with Crippen LogP contribution < -0.4 is 0 Å². The van der Waals surface area contributed by atoms with Crippen LogP contribution in [0.25, 0.3) is 0 Å². The number of hydrogen-bond acceptors (Lipinski definition) is 11. The van der Waals surface area contributed by atoms with Crippen LogP contribution >= 0.6 is 0 Å². The van der Waals surface area contributed by atoms with Crippen molar-refractivity contribution in [3.05, 3.63) is 23.5 Å². The van der Waals surface area contributed by atoms with E-state index in [1.165, 1.54) is 0 Å². The molecule has 0 aromatic heterocycles. The highest BCUT2D eigenvalue weighted by molar-refractivity contribution is 5.14. The fraction of sp³-hybridized carbons (Fsp3) is 0.636. The first-order valence-corrected chi connectivity index (χ1v) is 5.94. The van der Waals surface area contributed by atoms with Crippen molar-refractivity contribution in [1.29, 1.82) is 0 Å². The minimum Gasteiger partial charge on any atom is -0.512 e. The van der Waals surface area contributed by atoms with Crippen LogP contribution in [0.4, 0.5) is 0 Å². The average molecular weight is 328 g/mol. The molecule has 11 heteroatoms. The summed E-state index contributed by atoms with van der Waals surface area (Å²) in [7, 11) is 0. The summed E-state index contributed by atoms with van der Waals surface area (Å²) in [4.78, 5) is 0. The normalized spacial score (nSPS) is 22.2. The Hall–Kier alpha value is -1.60. The van der Waals surface area contributed by atoms with Gasteiger partial charge in [0.1, 0.15) is 42.9 Å². The van der Waals surface area contributed by atoms with E-state index in [-0.39, 0.29) is 6.26 Å². The predicted molar refractivity (Wildman–Crippen MR) is 68.8 cm³/mol. The van der Waals surface area contributed by atoms with Crippen molar-refractivity contribution >= 4 is 0 Å². The zero-order valence-corrected chi connectivity index (χ0v) is 11.2. The van der Waals surface area contributed by atoms with E-state index >= 15 is 0 Å². The molecule has 0 unspecified atom stereocenters. The van der Waals surface area contributed by atoms with E-state index in [2.05, 4.69) is 0 Å². The maximum absolute atomic E-state index is 9.50. The smallest absolute Gasteiger partial charge is 0.164 e. The molecule has 0 heterocycles. The van der Waals surface area contributed by atoms with E-state index in [9.17, 15) is 35.7 Å². The monoisotopic (exact) mass is 328 g/mol. The van der Waals surface area contributed by atoms with Crippen LogP contribution in [0.2, 0.25) is 0 Å². The van der Waals surface area contributed by atoms with Crippen molar-refractivity contribution in [1.82, 2.24) is 0 Å². The molecule has 11 N–H and O–H groups in total. The van der Waals surface area contributed by atoms with E-state index in [4.69, 9.17) is 20.4 Å². The molecular formula is C11H20O11. The molecule has 0 radical (unpaired) electrons. The van der Waals surface area contributed by atoms with Gasteiger partial charge in [-0.15, -0.1) is 0 Å². The molecule has 0 aliphatic rings. The fourth-order valence-corrected chi connectivity index (χ4v) is 1.37. The highest BCUT2D eigenvalue weighted by Gasteiger charge is 2.36. The Balaban J connectivity index is 5.22. The highest BCUT2D eigenvalue weighted by atomic mass is 16.4. The molecule has 0 saturated carbocycles. The second-order valence-electron chi connectivity index (χ2n) is 4.39. The van der Waals surface area contributed by atoms with Crippen LogP contribution in [-0.2, 0) is 0 Å². The first-order valence-electron chi connectivity index (χ1n) is 5.94. The van der Waals surface area contributed by atoms with Crippen molar-refractivity contribution in [2.75, 3.05) is 6.61 Å². The van der Waals surface area contributed by atoms with Gasteiger partial charge in [0, 0.05) is 0 Å². The minimum absolute atomic E-state index is 0.0113. The first-order chi connectivity index (χ1) is 10.1. The summed E-state index contributed by atoms with van der Waals surface area (Å²) >= 11 is 0. The zero-order valence-electron chi connectivity index (χ0n) is 11.2. The second kappa shape index (κ2) is 8.75. The minimum atomic E-state index is -2.43. The predicted octanol–water partition coefficient (Wildman–Crippen LogP) is -3.57. The van der Waals surface area contributed by atoms with Crippen LogP contribution in [0.5, 0.6) is 0 Å². The molecule has 11 nitrogen and oxygen atoms in total. The molecule has 0 fully saturated rings. The summed E-state index contributed by atoms with van der Waals surface area (Å²) in [5.74, 6) is -4.09. The van der Waals surface area contributed by atoms with E-state index in [0.717, 1.165) is 0 Å². The molecule has 0 rings (SSSR count). The van der Waals surface area contributed by atoms with Gasteiger partial charge < -0.3 is 56.2 Å². The van der Waals surface area contributed by atoms with Crippen molar-refractivity contribution in [2.45, 2.75) is 36.6 Å². The molecule has 6 atom stereocenters. The number of hydrogen-bond donors (Lipinski definition) is 11. The summed E-state index contributed by atoms with van der Waals surface area (Å²) in [6.45, 7) is -0.981. The zero-order chi connectivity index (χ0) is 17.6. The molecule has 0 aliphatic carbocycles. The number of aliphatic hydroxyl groups is 11. The Morgan fingerprint density at radius 1 is 0.727 bits per heavy atom. The van der Waals surface area contributed by atoms with E-state index in [1.54, 1.807) is 0 Å². The lowest BCUT2D eigenvalue weighted by Gasteiger charge is -2.25. The Morgan fingerprint density at radius 3 is 1.50 bits per heavy atom. The number of aliphatic hydroxyl groups excluding tert-OH is 11.